The fourth-order valence-corrected chi connectivity index (χ4v) is 3.58. The maximum atomic E-state index is 11.6. The molecule has 0 aliphatic heterocycles. The van der Waals surface area contributed by atoms with Gasteiger partial charge in [-0.05, 0) is 49.3 Å². The Morgan fingerprint density at radius 3 is 2.58 bits per heavy atom. The van der Waals surface area contributed by atoms with Crippen LogP contribution in [-0.2, 0) is 9.84 Å². The lowest BCUT2D eigenvalue weighted by molar-refractivity contribution is 0.276. The van der Waals surface area contributed by atoms with Crippen molar-refractivity contribution in [3.05, 3.63) is 24.3 Å². The van der Waals surface area contributed by atoms with Gasteiger partial charge in [0.2, 0.25) is 0 Å². The third-order valence-corrected chi connectivity index (χ3v) is 5.16. The van der Waals surface area contributed by atoms with Crippen molar-refractivity contribution in [3.63, 3.8) is 0 Å². The van der Waals surface area contributed by atoms with Gasteiger partial charge in [-0.15, -0.1) is 0 Å². The number of hydrogen-bond acceptors (Lipinski definition) is 3. The number of sulfone groups is 1. The second-order valence-electron chi connectivity index (χ2n) is 5.95. The Bertz CT molecular complexity index is 539. The topological polar surface area (TPSA) is 46.2 Å². The third-order valence-electron chi connectivity index (χ3n) is 4.05. The van der Waals surface area contributed by atoms with E-state index in [1.54, 1.807) is 18.2 Å². The van der Waals surface area contributed by atoms with Crippen LogP contribution in [0.4, 0.5) is 5.69 Å². The van der Waals surface area contributed by atoms with Crippen LogP contribution in [0.25, 0.3) is 0 Å². The highest BCUT2D eigenvalue weighted by Gasteiger charge is 2.25. The second-order valence-corrected chi connectivity index (χ2v) is 7.96. The number of anilines is 1. The van der Waals surface area contributed by atoms with Crippen LogP contribution in [0.2, 0.25) is 0 Å². The van der Waals surface area contributed by atoms with Crippen LogP contribution in [0.1, 0.15) is 33.1 Å². The van der Waals surface area contributed by atoms with E-state index in [1.807, 2.05) is 6.07 Å². The molecule has 3 nitrogen and oxygen atoms in total. The van der Waals surface area contributed by atoms with Crippen LogP contribution >= 0.6 is 0 Å². The molecule has 0 bridgehead atoms. The summed E-state index contributed by atoms with van der Waals surface area (Å²) >= 11 is 0. The minimum atomic E-state index is -3.13. The molecule has 1 aromatic rings. The number of rotatable bonds is 3. The Hall–Kier alpha value is -1.03. The molecule has 1 aliphatic carbocycles. The van der Waals surface area contributed by atoms with Gasteiger partial charge < -0.3 is 5.32 Å². The molecule has 0 spiro atoms. The first-order chi connectivity index (χ1) is 8.86. The predicted molar refractivity (Wildman–Crippen MR) is 79.1 cm³/mol. The molecule has 4 heteroatoms. The van der Waals surface area contributed by atoms with Gasteiger partial charge in [-0.25, -0.2) is 8.42 Å². The lowest BCUT2D eigenvalue weighted by Crippen LogP contribution is -2.33. The van der Waals surface area contributed by atoms with Gasteiger partial charge in [-0.3, -0.25) is 0 Å². The summed E-state index contributed by atoms with van der Waals surface area (Å²) in [5.74, 6) is 1.43. The van der Waals surface area contributed by atoms with Gasteiger partial charge in [0, 0.05) is 18.0 Å². The van der Waals surface area contributed by atoms with E-state index in [4.69, 9.17) is 0 Å². The van der Waals surface area contributed by atoms with E-state index in [-0.39, 0.29) is 0 Å². The first kappa shape index (κ1) is 14.4. The predicted octanol–water partition coefficient (Wildman–Crippen LogP) is 3.33. The van der Waals surface area contributed by atoms with Crippen LogP contribution in [-0.4, -0.2) is 20.7 Å². The molecule has 2 rings (SSSR count). The van der Waals surface area contributed by atoms with Crippen LogP contribution < -0.4 is 5.32 Å². The number of nitrogens with one attached hydrogen (secondary N) is 1. The van der Waals surface area contributed by atoms with Gasteiger partial charge in [-0.1, -0.05) is 19.9 Å². The molecule has 0 heterocycles. The van der Waals surface area contributed by atoms with Crippen molar-refractivity contribution in [1.82, 2.24) is 0 Å². The van der Waals surface area contributed by atoms with E-state index in [2.05, 4.69) is 19.2 Å². The minimum Gasteiger partial charge on any atom is -0.382 e. The van der Waals surface area contributed by atoms with Gasteiger partial charge in [0.1, 0.15) is 0 Å². The summed E-state index contributed by atoms with van der Waals surface area (Å²) < 4.78 is 23.1. The quantitative estimate of drug-likeness (QED) is 0.924. The highest BCUT2D eigenvalue weighted by Crippen LogP contribution is 2.31. The SMILES string of the molecule is CC1CCC(Nc2cccc(S(C)(=O)=O)c2)C(C)C1. The lowest BCUT2D eigenvalue weighted by Gasteiger charge is -2.33. The molecule has 1 N–H and O–H groups in total. The van der Waals surface area contributed by atoms with E-state index in [9.17, 15) is 8.42 Å². The van der Waals surface area contributed by atoms with Gasteiger partial charge in [0.05, 0.1) is 4.90 Å². The summed E-state index contributed by atoms with van der Waals surface area (Å²) in [4.78, 5) is 0.384. The van der Waals surface area contributed by atoms with Crippen LogP contribution in [0, 0.1) is 11.8 Å². The smallest absolute Gasteiger partial charge is 0.175 e. The molecule has 1 aliphatic rings. The fourth-order valence-electron chi connectivity index (χ4n) is 2.91. The van der Waals surface area contributed by atoms with Crippen molar-refractivity contribution < 1.29 is 8.42 Å². The first-order valence-corrected chi connectivity index (χ1v) is 8.82. The minimum absolute atomic E-state index is 0.384. The van der Waals surface area contributed by atoms with Crippen molar-refractivity contribution in [1.29, 1.82) is 0 Å². The van der Waals surface area contributed by atoms with E-state index in [1.165, 1.54) is 19.1 Å². The maximum Gasteiger partial charge on any atom is 0.175 e. The molecule has 0 saturated heterocycles. The Labute approximate surface area is 116 Å². The Morgan fingerprint density at radius 2 is 1.95 bits per heavy atom. The zero-order valence-corrected chi connectivity index (χ0v) is 12.7. The summed E-state index contributed by atoms with van der Waals surface area (Å²) in [5.41, 5.74) is 0.911. The number of benzene rings is 1. The van der Waals surface area contributed by atoms with Gasteiger partial charge >= 0.3 is 0 Å². The second kappa shape index (κ2) is 5.53. The molecule has 0 amide bonds. The lowest BCUT2D eigenvalue weighted by atomic mass is 9.80. The van der Waals surface area contributed by atoms with Crippen molar-refractivity contribution in [3.8, 4) is 0 Å². The fraction of sp³-hybridized carbons (Fsp3) is 0.600. The summed E-state index contributed by atoms with van der Waals surface area (Å²) in [5, 5.41) is 3.50. The summed E-state index contributed by atoms with van der Waals surface area (Å²) in [6.07, 6.45) is 4.89. The zero-order chi connectivity index (χ0) is 14.0. The normalized spacial score (nSPS) is 28.1. The van der Waals surface area contributed by atoms with E-state index in [0.29, 0.717) is 16.9 Å². The van der Waals surface area contributed by atoms with E-state index >= 15 is 0 Å². The molecule has 1 fully saturated rings. The largest absolute Gasteiger partial charge is 0.382 e. The van der Waals surface area contributed by atoms with Crippen LogP contribution in [0.3, 0.4) is 0 Å². The first-order valence-electron chi connectivity index (χ1n) is 6.93. The summed E-state index contributed by atoms with van der Waals surface area (Å²) in [6, 6.07) is 7.58. The van der Waals surface area contributed by atoms with Crippen molar-refractivity contribution in [2.24, 2.45) is 11.8 Å². The average Bonchev–Trinajstić information content (AvgIpc) is 2.32. The van der Waals surface area contributed by atoms with Crippen molar-refractivity contribution in [2.45, 2.75) is 44.0 Å². The maximum absolute atomic E-state index is 11.6. The standard InChI is InChI=1S/C15H23NO2S/c1-11-7-8-15(12(2)9-11)16-13-5-4-6-14(10-13)19(3,17)18/h4-6,10-12,15-16H,7-9H2,1-3H3. The van der Waals surface area contributed by atoms with E-state index < -0.39 is 9.84 Å². The molecule has 3 unspecified atom stereocenters. The van der Waals surface area contributed by atoms with Crippen LogP contribution in [0.5, 0.6) is 0 Å². The van der Waals surface area contributed by atoms with Crippen molar-refractivity contribution >= 4 is 15.5 Å². The molecule has 0 aromatic heterocycles. The summed E-state index contributed by atoms with van der Waals surface area (Å²) in [6.45, 7) is 4.57. The van der Waals surface area contributed by atoms with Gasteiger partial charge in [0.25, 0.3) is 0 Å². The molecular formula is C15H23NO2S. The molecule has 0 radical (unpaired) electrons. The van der Waals surface area contributed by atoms with E-state index in [0.717, 1.165) is 18.0 Å². The highest BCUT2D eigenvalue weighted by atomic mass is 32.2. The Balaban J connectivity index is 2.11. The Morgan fingerprint density at radius 1 is 1.21 bits per heavy atom. The molecule has 3 atom stereocenters. The third kappa shape index (κ3) is 3.72. The molecule has 19 heavy (non-hydrogen) atoms. The number of hydrogen-bond donors (Lipinski definition) is 1. The Kier molecular flexibility index (Phi) is 4.19. The molecule has 106 valence electrons. The molecular weight excluding hydrogens is 258 g/mol. The molecule has 1 saturated carbocycles. The molecule has 1 aromatic carbocycles. The zero-order valence-electron chi connectivity index (χ0n) is 11.9. The average molecular weight is 281 g/mol. The van der Waals surface area contributed by atoms with Gasteiger partial charge in [0.15, 0.2) is 9.84 Å². The van der Waals surface area contributed by atoms with Crippen LogP contribution in [0.15, 0.2) is 29.2 Å². The highest BCUT2D eigenvalue weighted by molar-refractivity contribution is 7.90. The summed E-state index contributed by atoms with van der Waals surface area (Å²) in [7, 11) is -3.13. The van der Waals surface area contributed by atoms with Gasteiger partial charge in [-0.2, -0.15) is 0 Å². The monoisotopic (exact) mass is 281 g/mol. The van der Waals surface area contributed by atoms with Crippen molar-refractivity contribution in [2.75, 3.05) is 11.6 Å².